The van der Waals surface area contributed by atoms with Gasteiger partial charge in [0.25, 0.3) is 0 Å². The average Bonchev–Trinajstić information content (AvgIpc) is 3.77. The van der Waals surface area contributed by atoms with E-state index < -0.39 is 0 Å². The number of hydrogen-bond acceptors (Lipinski definition) is 2. The van der Waals surface area contributed by atoms with E-state index in [0.717, 1.165) is 33.2 Å². The molecule has 0 aliphatic heterocycles. The average molecular weight is 585 g/mol. The highest BCUT2D eigenvalue weighted by molar-refractivity contribution is 6.32. The fourth-order valence-electron chi connectivity index (χ4n) is 7.95. The van der Waals surface area contributed by atoms with Gasteiger partial charge in [0.05, 0.1) is 38.8 Å². The Bertz CT molecular complexity index is 3020. The molecular weight excluding hydrogens is 560 g/mol. The van der Waals surface area contributed by atoms with Gasteiger partial charge in [-0.1, -0.05) is 127 Å². The Hall–Kier alpha value is -6.26. The minimum Gasteiger partial charge on any atom is -0.307 e. The van der Waals surface area contributed by atoms with Crippen molar-refractivity contribution in [1.29, 1.82) is 0 Å². The molecule has 4 heterocycles. The maximum absolute atomic E-state index is 5.38. The zero-order valence-electron chi connectivity index (χ0n) is 24.6. The van der Waals surface area contributed by atoms with Crippen LogP contribution in [0.25, 0.3) is 98.8 Å². The van der Waals surface area contributed by atoms with E-state index in [0.29, 0.717) is 5.95 Å². The molecule has 0 spiro atoms. The summed E-state index contributed by atoms with van der Waals surface area (Å²) in [5, 5.41) is 10.9. The summed E-state index contributed by atoms with van der Waals surface area (Å²) < 4.78 is 4.80. The maximum atomic E-state index is 5.38. The van der Waals surface area contributed by atoms with E-state index in [4.69, 9.17) is 9.97 Å². The highest BCUT2D eigenvalue weighted by Gasteiger charge is 2.23. The van der Waals surface area contributed by atoms with Crippen molar-refractivity contribution >= 4 is 81.6 Å². The van der Waals surface area contributed by atoms with E-state index in [-0.39, 0.29) is 0 Å². The van der Waals surface area contributed by atoms with Crippen LogP contribution < -0.4 is 0 Å². The van der Waals surface area contributed by atoms with Crippen LogP contribution in [0.4, 0.5) is 0 Å². The molecule has 0 aliphatic rings. The van der Waals surface area contributed by atoms with Crippen LogP contribution >= 0.6 is 0 Å². The van der Waals surface area contributed by atoms with Crippen LogP contribution in [0.15, 0.2) is 146 Å². The van der Waals surface area contributed by atoms with E-state index in [9.17, 15) is 0 Å². The molecule has 11 rings (SSSR count). The third-order valence-corrected chi connectivity index (χ3v) is 9.84. The molecule has 0 unspecified atom stereocenters. The first-order valence-corrected chi connectivity index (χ1v) is 15.7. The predicted octanol–water partition coefficient (Wildman–Crippen LogP) is 10.7. The normalized spacial score (nSPS) is 12.3. The van der Waals surface area contributed by atoms with Gasteiger partial charge in [0.2, 0.25) is 5.95 Å². The first kappa shape index (κ1) is 24.1. The summed E-state index contributed by atoms with van der Waals surface area (Å²) in [6.07, 6.45) is 0. The van der Waals surface area contributed by atoms with E-state index >= 15 is 0 Å². The molecule has 0 fully saturated rings. The van der Waals surface area contributed by atoms with Crippen LogP contribution in [0.5, 0.6) is 0 Å². The number of para-hydroxylation sites is 4. The topological polar surface area (TPSA) is 35.1 Å². The van der Waals surface area contributed by atoms with Crippen molar-refractivity contribution in [1.82, 2.24) is 18.9 Å². The lowest BCUT2D eigenvalue weighted by Crippen LogP contribution is -2.04. The number of rotatable bonds is 2. The van der Waals surface area contributed by atoms with Gasteiger partial charge < -0.3 is 4.40 Å². The Morgan fingerprint density at radius 2 is 0.978 bits per heavy atom. The van der Waals surface area contributed by atoms with Gasteiger partial charge >= 0.3 is 0 Å². The quantitative estimate of drug-likeness (QED) is 0.203. The van der Waals surface area contributed by atoms with Gasteiger partial charge in [0.1, 0.15) is 0 Å². The molecule has 0 saturated heterocycles. The second-order valence-electron chi connectivity index (χ2n) is 12.2. The van der Waals surface area contributed by atoms with Crippen molar-refractivity contribution in [3.8, 4) is 17.2 Å². The van der Waals surface area contributed by atoms with Crippen LogP contribution in [0, 0.1) is 0 Å². The van der Waals surface area contributed by atoms with E-state index in [1.807, 2.05) is 6.07 Å². The Morgan fingerprint density at radius 3 is 1.78 bits per heavy atom. The van der Waals surface area contributed by atoms with Gasteiger partial charge in [-0.2, -0.15) is 0 Å². The molecule has 4 aromatic heterocycles. The van der Waals surface area contributed by atoms with Gasteiger partial charge in [0.15, 0.2) is 0 Å². The number of hydrogen-bond donors (Lipinski definition) is 0. The van der Waals surface area contributed by atoms with Gasteiger partial charge in [0, 0.05) is 48.7 Å². The van der Waals surface area contributed by atoms with Crippen molar-refractivity contribution in [2.75, 3.05) is 0 Å². The van der Waals surface area contributed by atoms with Crippen LogP contribution in [0.1, 0.15) is 0 Å². The highest BCUT2D eigenvalue weighted by atomic mass is 15.2. The van der Waals surface area contributed by atoms with Crippen LogP contribution in [-0.4, -0.2) is 18.9 Å². The number of nitrogens with zero attached hydrogens (tertiary/aromatic N) is 4. The van der Waals surface area contributed by atoms with Crippen LogP contribution in [-0.2, 0) is 0 Å². The third-order valence-electron chi connectivity index (χ3n) is 9.84. The van der Waals surface area contributed by atoms with Crippen molar-refractivity contribution in [2.24, 2.45) is 0 Å². The second kappa shape index (κ2) is 8.68. The molecule has 46 heavy (non-hydrogen) atoms. The largest absolute Gasteiger partial charge is 0.307 e. The smallest absolute Gasteiger partial charge is 0.235 e. The molecule has 11 aromatic rings. The fraction of sp³-hybridized carbons (Fsp3) is 0. The molecule has 0 amide bonds. The van der Waals surface area contributed by atoms with Crippen molar-refractivity contribution < 1.29 is 0 Å². The third kappa shape index (κ3) is 2.98. The van der Waals surface area contributed by atoms with Gasteiger partial charge in [-0.25, -0.2) is 9.97 Å². The summed E-state index contributed by atoms with van der Waals surface area (Å²) in [6, 6.07) is 52.1. The number of benzene rings is 7. The first-order valence-electron chi connectivity index (χ1n) is 15.7. The first-order chi connectivity index (χ1) is 22.8. The summed E-state index contributed by atoms with van der Waals surface area (Å²) in [5.74, 6) is 0.673. The van der Waals surface area contributed by atoms with E-state index in [1.165, 1.54) is 59.6 Å². The van der Waals surface area contributed by atoms with Crippen molar-refractivity contribution in [3.63, 3.8) is 0 Å². The second-order valence-corrected chi connectivity index (χ2v) is 12.2. The van der Waals surface area contributed by atoms with Crippen LogP contribution in [0.3, 0.4) is 0 Å². The molecule has 0 bridgehead atoms. The molecule has 0 atom stereocenters. The molecule has 0 N–H and O–H groups in total. The summed E-state index contributed by atoms with van der Waals surface area (Å²) in [6.45, 7) is 0. The lowest BCUT2D eigenvalue weighted by molar-refractivity contribution is 1.02. The van der Waals surface area contributed by atoms with Crippen molar-refractivity contribution in [2.45, 2.75) is 0 Å². The van der Waals surface area contributed by atoms with Gasteiger partial charge in [-0.3, -0.25) is 4.57 Å². The highest BCUT2D eigenvalue weighted by Crippen LogP contribution is 2.45. The molecule has 7 aromatic carbocycles. The number of fused-ring (bicyclic) bond motifs is 13. The van der Waals surface area contributed by atoms with Crippen molar-refractivity contribution in [3.05, 3.63) is 146 Å². The monoisotopic (exact) mass is 584 g/mol. The summed E-state index contributed by atoms with van der Waals surface area (Å²) in [4.78, 5) is 10.6. The standard InChI is InChI=1S/C42H24N4/c1-2-11-26(12-3-1)38-33-15-4-7-18-34(33)43-42(44-38)46-36-20-9-6-14-28(36)31-23-21-25-22-24-32-30-17-10-16-29-27-13-5-8-19-35(27)45(39(29)30)40(32)37(25)41(31)46/h1-24H. The zero-order chi connectivity index (χ0) is 29.9. The van der Waals surface area contributed by atoms with E-state index in [2.05, 4.69) is 148 Å². The molecule has 4 heteroatoms. The minimum atomic E-state index is 0.673. The number of aromatic nitrogens is 4. The Labute approximate surface area is 262 Å². The lowest BCUT2D eigenvalue weighted by Gasteiger charge is -2.13. The zero-order valence-corrected chi connectivity index (χ0v) is 24.6. The predicted molar refractivity (Wildman–Crippen MR) is 191 cm³/mol. The summed E-state index contributed by atoms with van der Waals surface area (Å²) in [5.41, 5.74) is 8.88. The summed E-state index contributed by atoms with van der Waals surface area (Å²) in [7, 11) is 0. The Kier molecular flexibility index (Phi) is 4.55. The molecular formula is C42H24N4. The Morgan fingerprint density at radius 1 is 0.391 bits per heavy atom. The van der Waals surface area contributed by atoms with Gasteiger partial charge in [-0.05, 0) is 23.6 Å². The molecule has 0 aliphatic carbocycles. The fourth-order valence-corrected chi connectivity index (χ4v) is 7.95. The molecule has 0 radical (unpaired) electrons. The lowest BCUT2D eigenvalue weighted by atomic mass is 10.0. The van der Waals surface area contributed by atoms with Gasteiger partial charge in [-0.15, -0.1) is 0 Å². The SMILES string of the molecule is c1ccc(-c2nc(-n3c4ccccc4c4ccc5ccc6c7cccc8c9ccccc9n(c87)c6c5c43)nc3ccccc23)cc1. The van der Waals surface area contributed by atoms with Crippen LogP contribution in [0.2, 0.25) is 0 Å². The summed E-state index contributed by atoms with van der Waals surface area (Å²) >= 11 is 0. The molecule has 0 saturated carbocycles. The minimum absolute atomic E-state index is 0.673. The maximum Gasteiger partial charge on any atom is 0.235 e. The Balaban J connectivity index is 1.40. The molecule has 4 nitrogen and oxygen atoms in total. The van der Waals surface area contributed by atoms with E-state index in [1.54, 1.807) is 0 Å². The molecule has 212 valence electrons.